The number of unbranched alkanes of at least 4 members (excludes halogenated alkanes) is 2. The number of phenolic OH excluding ortho intramolecular Hbond substituents is 2. The Morgan fingerprint density at radius 3 is 2.36 bits per heavy atom. The van der Waals surface area contributed by atoms with Gasteiger partial charge in [0.1, 0.15) is 17.3 Å². The number of Topliss-reactive ketones (excluding diaryl/α,β-unsaturated/α-hetero) is 1. The molecule has 0 amide bonds. The van der Waals surface area contributed by atoms with E-state index in [9.17, 15) is 38.7 Å². The van der Waals surface area contributed by atoms with E-state index >= 15 is 0 Å². The number of hydrogen-bond acceptors (Lipinski definition) is 8. The van der Waals surface area contributed by atoms with Crippen molar-refractivity contribution in [3.8, 4) is 11.5 Å². The van der Waals surface area contributed by atoms with Crippen molar-refractivity contribution in [2.24, 2.45) is 17.3 Å². The number of esters is 1. The summed E-state index contributed by atoms with van der Waals surface area (Å²) in [6.45, 7) is 3.41. The van der Waals surface area contributed by atoms with Gasteiger partial charge in [0.15, 0.2) is 0 Å². The fraction of sp³-hybridized carbons (Fsp3) is 0.636. The van der Waals surface area contributed by atoms with Gasteiger partial charge in [0.05, 0.1) is 13.2 Å². The van der Waals surface area contributed by atoms with Crippen LogP contribution in [0.2, 0.25) is 0 Å². The molecule has 3 saturated carbocycles. The van der Waals surface area contributed by atoms with Crippen molar-refractivity contribution in [3.05, 3.63) is 33.4 Å². The van der Waals surface area contributed by atoms with Gasteiger partial charge in [0.25, 0.3) is 5.09 Å². The molecule has 0 aromatic heterocycles. The normalized spacial score (nSPS) is 23.5. The van der Waals surface area contributed by atoms with Crippen molar-refractivity contribution < 1.29 is 43.2 Å². The molecule has 1 aromatic rings. The van der Waals surface area contributed by atoms with Gasteiger partial charge in [0.2, 0.25) is 0 Å². The van der Waals surface area contributed by atoms with Crippen LogP contribution in [0.3, 0.4) is 0 Å². The first-order valence-corrected chi connectivity index (χ1v) is 10.8. The lowest BCUT2D eigenvalue weighted by Gasteiger charge is -2.59. The van der Waals surface area contributed by atoms with Crippen molar-refractivity contribution in [2.75, 3.05) is 13.2 Å². The molecule has 0 spiro atoms. The van der Waals surface area contributed by atoms with Crippen molar-refractivity contribution in [1.82, 2.24) is 0 Å². The molecule has 0 aliphatic heterocycles. The molecule has 182 valence electrons. The summed E-state index contributed by atoms with van der Waals surface area (Å²) < 4.78 is 33.9. The fourth-order valence-electron chi connectivity index (χ4n) is 5.07. The first-order chi connectivity index (χ1) is 15.4. The molecule has 33 heavy (non-hydrogen) atoms. The van der Waals surface area contributed by atoms with E-state index in [2.05, 4.69) is 9.57 Å². The summed E-state index contributed by atoms with van der Waals surface area (Å²) in [6, 6.07) is 1.46. The zero-order valence-corrected chi connectivity index (χ0v) is 18.4. The molecular formula is C22H27F2NO8. The molecule has 0 saturated heterocycles. The number of halogens is 2. The number of carbonyl (C=O) groups excluding carboxylic acids is 2. The van der Waals surface area contributed by atoms with Gasteiger partial charge < -0.3 is 19.8 Å². The van der Waals surface area contributed by atoms with Crippen LogP contribution in [0.5, 0.6) is 11.5 Å². The minimum Gasteiger partial charge on any atom is -0.508 e. The second kappa shape index (κ2) is 9.11. The van der Waals surface area contributed by atoms with Crippen LogP contribution in [-0.2, 0) is 25.1 Å². The van der Waals surface area contributed by atoms with Crippen LogP contribution in [0, 0.1) is 27.4 Å². The highest BCUT2D eigenvalue weighted by Crippen LogP contribution is 2.64. The van der Waals surface area contributed by atoms with Crippen LogP contribution < -0.4 is 0 Å². The Morgan fingerprint density at radius 1 is 1.21 bits per heavy atom. The molecule has 0 unspecified atom stereocenters. The molecule has 3 aliphatic rings. The average Bonchev–Trinajstić information content (AvgIpc) is 2.71. The number of nitrogens with zero attached hydrogens (tertiary/aromatic N) is 1. The summed E-state index contributed by atoms with van der Waals surface area (Å²) >= 11 is 0. The zero-order valence-electron chi connectivity index (χ0n) is 18.4. The molecule has 2 N–H and O–H groups in total. The Balaban J connectivity index is 1.65. The number of fused-ring (bicyclic) bond motifs is 2. The highest BCUT2D eigenvalue weighted by atomic mass is 19.3. The minimum atomic E-state index is -4.12. The molecule has 11 heteroatoms. The quantitative estimate of drug-likeness (QED) is 0.227. The Hall–Kier alpha value is -2.98. The third kappa shape index (κ3) is 4.72. The standard InChI is InChI=1S/C22H27F2NO8/c1-21(2)14-11-15(21)16(26)10-13(14)19-17(27)8-12(9-18(19)28)22(23,24)20(29)32-6-4-3-5-7-33-25(30)31/h8-9,13-15,27-28H,3-7,10-11H2,1-2H3/t13-,14+,15-/m1/s1. The van der Waals surface area contributed by atoms with Gasteiger partial charge in [-0.3, -0.25) is 4.79 Å². The number of phenols is 2. The van der Waals surface area contributed by atoms with E-state index in [-0.39, 0.29) is 54.7 Å². The summed E-state index contributed by atoms with van der Waals surface area (Å²) in [5.41, 5.74) is -1.18. The molecule has 2 bridgehead atoms. The van der Waals surface area contributed by atoms with E-state index < -0.39 is 40.0 Å². The van der Waals surface area contributed by atoms with Gasteiger partial charge in [-0.25, -0.2) is 4.79 Å². The molecular weight excluding hydrogens is 444 g/mol. The lowest BCUT2D eigenvalue weighted by Crippen LogP contribution is -2.56. The molecule has 0 heterocycles. The van der Waals surface area contributed by atoms with Crippen LogP contribution in [0.15, 0.2) is 12.1 Å². The molecule has 1 aromatic carbocycles. The van der Waals surface area contributed by atoms with E-state index in [4.69, 9.17) is 0 Å². The zero-order chi connectivity index (χ0) is 24.6. The summed E-state index contributed by atoms with van der Waals surface area (Å²) in [7, 11) is 0. The monoisotopic (exact) mass is 471 g/mol. The van der Waals surface area contributed by atoms with Crippen molar-refractivity contribution in [2.45, 2.75) is 57.8 Å². The van der Waals surface area contributed by atoms with Gasteiger partial charge in [-0.15, -0.1) is 10.1 Å². The highest BCUT2D eigenvalue weighted by molar-refractivity contribution is 5.86. The Labute approximate surface area is 188 Å². The van der Waals surface area contributed by atoms with E-state index in [1.165, 1.54) is 0 Å². The summed E-state index contributed by atoms with van der Waals surface area (Å²) in [5, 5.41) is 30.0. The number of alkyl halides is 2. The van der Waals surface area contributed by atoms with Gasteiger partial charge in [-0.05, 0) is 49.1 Å². The molecule has 9 nitrogen and oxygen atoms in total. The van der Waals surface area contributed by atoms with Gasteiger partial charge in [0, 0.05) is 29.4 Å². The number of carbonyl (C=O) groups is 2. The average molecular weight is 471 g/mol. The molecule has 3 atom stereocenters. The Bertz CT molecular complexity index is 925. The van der Waals surface area contributed by atoms with Gasteiger partial charge in [-0.2, -0.15) is 8.78 Å². The maximum absolute atomic E-state index is 14.6. The van der Waals surface area contributed by atoms with Crippen LogP contribution >= 0.6 is 0 Å². The maximum Gasteiger partial charge on any atom is 0.381 e. The van der Waals surface area contributed by atoms with E-state index in [1.807, 2.05) is 13.8 Å². The highest BCUT2D eigenvalue weighted by Gasteiger charge is 2.59. The maximum atomic E-state index is 14.6. The fourth-order valence-corrected chi connectivity index (χ4v) is 5.07. The van der Waals surface area contributed by atoms with Gasteiger partial charge >= 0.3 is 11.9 Å². The van der Waals surface area contributed by atoms with Crippen LogP contribution in [0.4, 0.5) is 8.78 Å². The van der Waals surface area contributed by atoms with Crippen LogP contribution in [-0.4, -0.2) is 40.3 Å². The topological polar surface area (TPSA) is 136 Å². The van der Waals surface area contributed by atoms with Gasteiger partial charge in [-0.1, -0.05) is 13.8 Å². The predicted octanol–water partition coefficient (Wildman–Crippen LogP) is 3.83. The number of ketones is 1. The minimum absolute atomic E-state index is 0.0177. The number of ether oxygens (including phenoxy) is 1. The molecule has 4 rings (SSSR count). The van der Waals surface area contributed by atoms with E-state index in [1.54, 1.807) is 0 Å². The van der Waals surface area contributed by atoms with E-state index in [0.29, 0.717) is 19.3 Å². The van der Waals surface area contributed by atoms with Crippen molar-refractivity contribution in [1.29, 1.82) is 0 Å². The molecule has 3 aliphatic carbocycles. The summed E-state index contributed by atoms with van der Waals surface area (Å²) in [5.74, 6) is -7.67. The first-order valence-electron chi connectivity index (χ1n) is 10.8. The van der Waals surface area contributed by atoms with E-state index in [0.717, 1.165) is 12.1 Å². The third-order valence-electron chi connectivity index (χ3n) is 6.98. The smallest absolute Gasteiger partial charge is 0.381 e. The van der Waals surface area contributed by atoms with Crippen LogP contribution in [0.25, 0.3) is 0 Å². The molecule has 3 fully saturated rings. The number of hydrogen-bond donors (Lipinski definition) is 2. The Morgan fingerprint density at radius 2 is 1.82 bits per heavy atom. The second-order valence-corrected chi connectivity index (χ2v) is 9.25. The Kier molecular flexibility index (Phi) is 6.80. The van der Waals surface area contributed by atoms with Crippen LogP contribution in [0.1, 0.15) is 63.0 Å². The lowest BCUT2D eigenvalue weighted by atomic mass is 9.44. The van der Waals surface area contributed by atoms with Crippen molar-refractivity contribution >= 4 is 11.8 Å². The molecule has 0 radical (unpaired) electrons. The third-order valence-corrected chi connectivity index (χ3v) is 6.98. The number of benzene rings is 1. The van der Waals surface area contributed by atoms with Crippen molar-refractivity contribution in [3.63, 3.8) is 0 Å². The number of rotatable bonds is 10. The summed E-state index contributed by atoms with van der Waals surface area (Å²) in [4.78, 5) is 38.5. The largest absolute Gasteiger partial charge is 0.508 e. The number of aromatic hydroxyl groups is 2. The summed E-state index contributed by atoms with van der Waals surface area (Å²) in [6.07, 6.45) is 1.59. The second-order valence-electron chi connectivity index (χ2n) is 9.25. The first kappa shape index (κ1) is 24.7. The predicted molar refractivity (Wildman–Crippen MR) is 109 cm³/mol. The SMILES string of the molecule is CC1(C)[C@@H]2C[C@H]1[C@H](c1c(O)cc(C(F)(F)C(=O)OCCCCCO[N+](=O)[O-])cc1O)CC2=O. The lowest BCUT2D eigenvalue weighted by molar-refractivity contribution is -0.757.